The Morgan fingerprint density at radius 1 is 1.24 bits per heavy atom. The van der Waals surface area contributed by atoms with Crippen LogP contribution in [-0.4, -0.2) is 5.91 Å². The van der Waals surface area contributed by atoms with E-state index in [2.05, 4.69) is 5.32 Å². The van der Waals surface area contributed by atoms with Gasteiger partial charge in [0.25, 0.3) is 5.91 Å². The van der Waals surface area contributed by atoms with Gasteiger partial charge in [0.1, 0.15) is 5.82 Å². The molecule has 0 spiro atoms. The second-order valence-electron chi connectivity index (χ2n) is 4.60. The number of amides is 1. The van der Waals surface area contributed by atoms with Gasteiger partial charge in [0.05, 0.1) is 16.6 Å². The molecule has 1 atom stereocenters. The molecule has 0 aromatic heterocycles. The third-order valence-electron chi connectivity index (χ3n) is 3.05. The number of carbonyl (C=O) groups excluding carboxylic acids is 1. The molecule has 2 aromatic rings. The van der Waals surface area contributed by atoms with Crippen molar-refractivity contribution in [2.45, 2.75) is 13.0 Å². The van der Waals surface area contributed by atoms with E-state index >= 15 is 0 Å². The van der Waals surface area contributed by atoms with Crippen molar-refractivity contribution in [2.75, 3.05) is 5.73 Å². The van der Waals surface area contributed by atoms with Gasteiger partial charge >= 0.3 is 0 Å². The highest BCUT2D eigenvalue weighted by atomic mass is 35.5. The van der Waals surface area contributed by atoms with Crippen molar-refractivity contribution in [1.82, 2.24) is 5.32 Å². The Hall–Kier alpha value is -1.78. The molecule has 3 nitrogen and oxygen atoms in total. The van der Waals surface area contributed by atoms with E-state index in [0.29, 0.717) is 5.02 Å². The number of benzene rings is 2. The Bertz CT molecular complexity index is 674. The molecular formula is C15H13Cl2FN2O. The highest BCUT2D eigenvalue weighted by Crippen LogP contribution is 2.23. The molecule has 0 bridgehead atoms. The van der Waals surface area contributed by atoms with Crippen molar-refractivity contribution in [3.8, 4) is 0 Å². The Morgan fingerprint density at radius 3 is 2.48 bits per heavy atom. The topological polar surface area (TPSA) is 55.1 Å². The molecule has 3 N–H and O–H groups in total. The average Bonchev–Trinajstić information content (AvgIpc) is 2.43. The monoisotopic (exact) mass is 326 g/mol. The van der Waals surface area contributed by atoms with Crippen LogP contribution in [0, 0.1) is 5.82 Å². The number of rotatable bonds is 3. The van der Waals surface area contributed by atoms with Crippen LogP contribution < -0.4 is 11.1 Å². The largest absolute Gasteiger partial charge is 0.398 e. The lowest BCUT2D eigenvalue weighted by Crippen LogP contribution is -2.27. The summed E-state index contributed by atoms with van der Waals surface area (Å²) in [5, 5.41) is 3.24. The molecule has 0 aliphatic heterocycles. The lowest BCUT2D eigenvalue weighted by molar-refractivity contribution is 0.0940. The summed E-state index contributed by atoms with van der Waals surface area (Å²) in [5.41, 5.74) is 6.75. The molecule has 6 heteroatoms. The Balaban J connectivity index is 2.18. The zero-order chi connectivity index (χ0) is 15.6. The van der Waals surface area contributed by atoms with Gasteiger partial charge in [0, 0.05) is 10.7 Å². The first kappa shape index (κ1) is 15.6. The first-order chi connectivity index (χ1) is 9.88. The zero-order valence-corrected chi connectivity index (χ0v) is 12.7. The van der Waals surface area contributed by atoms with Crippen LogP contribution in [0.3, 0.4) is 0 Å². The summed E-state index contributed by atoms with van der Waals surface area (Å²) in [6.07, 6.45) is 0. The van der Waals surface area contributed by atoms with Gasteiger partial charge in [0.15, 0.2) is 0 Å². The smallest absolute Gasteiger partial charge is 0.253 e. The van der Waals surface area contributed by atoms with Crippen molar-refractivity contribution >= 4 is 34.8 Å². The van der Waals surface area contributed by atoms with Crippen LogP contribution in [-0.2, 0) is 0 Å². The van der Waals surface area contributed by atoms with Crippen LogP contribution in [0.15, 0.2) is 36.4 Å². The number of nitrogens with two attached hydrogens (primary N) is 1. The van der Waals surface area contributed by atoms with E-state index in [1.807, 2.05) is 6.92 Å². The van der Waals surface area contributed by atoms with Gasteiger partial charge < -0.3 is 11.1 Å². The van der Waals surface area contributed by atoms with Crippen LogP contribution in [0.25, 0.3) is 0 Å². The van der Waals surface area contributed by atoms with Crippen LogP contribution in [0.4, 0.5) is 10.1 Å². The van der Waals surface area contributed by atoms with Crippen molar-refractivity contribution in [1.29, 1.82) is 0 Å². The predicted octanol–water partition coefficient (Wildman–Crippen LogP) is 4.21. The maximum absolute atomic E-state index is 13.4. The van der Waals surface area contributed by atoms with E-state index in [9.17, 15) is 9.18 Å². The fourth-order valence-electron chi connectivity index (χ4n) is 1.87. The summed E-state index contributed by atoms with van der Waals surface area (Å²) in [4.78, 5) is 12.2. The van der Waals surface area contributed by atoms with Gasteiger partial charge in [-0.3, -0.25) is 4.79 Å². The minimum absolute atomic E-state index is 0.0534. The first-order valence-electron chi connectivity index (χ1n) is 6.19. The summed E-state index contributed by atoms with van der Waals surface area (Å²) in [5.74, 6) is -1.15. The zero-order valence-electron chi connectivity index (χ0n) is 11.2. The highest BCUT2D eigenvalue weighted by molar-refractivity contribution is 6.31. The Labute approximate surface area is 131 Å². The fraction of sp³-hybridized carbons (Fsp3) is 0.133. The number of hydrogen-bond donors (Lipinski definition) is 2. The van der Waals surface area contributed by atoms with Crippen molar-refractivity contribution < 1.29 is 9.18 Å². The van der Waals surface area contributed by atoms with Crippen molar-refractivity contribution in [3.05, 3.63) is 63.4 Å². The second kappa shape index (κ2) is 6.33. The molecule has 1 unspecified atom stereocenters. The molecule has 0 aliphatic rings. The van der Waals surface area contributed by atoms with E-state index in [1.165, 1.54) is 6.07 Å². The normalized spacial score (nSPS) is 12.0. The van der Waals surface area contributed by atoms with Crippen molar-refractivity contribution in [2.24, 2.45) is 0 Å². The minimum Gasteiger partial charge on any atom is -0.398 e. The lowest BCUT2D eigenvalue weighted by atomic mass is 10.1. The first-order valence-corrected chi connectivity index (χ1v) is 6.95. The predicted molar refractivity (Wildman–Crippen MR) is 83.2 cm³/mol. The number of hydrogen-bond acceptors (Lipinski definition) is 2. The second-order valence-corrected chi connectivity index (χ2v) is 5.44. The van der Waals surface area contributed by atoms with E-state index < -0.39 is 11.7 Å². The van der Waals surface area contributed by atoms with E-state index in [4.69, 9.17) is 28.9 Å². The molecule has 0 saturated heterocycles. The van der Waals surface area contributed by atoms with Crippen LogP contribution in [0.1, 0.15) is 28.9 Å². The van der Waals surface area contributed by atoms with Crippen LogP contribution in [0.2, 0.25) is 10.0 Å². The molecule has 21 heavy (non-hydrogen) atoms. The third kappa shape index (κ3) is 3.65. The Morgan fingerprint density at radius 2 is 1.86 bits per heavy atom. The summed E-state index contributed by atoms with van der Waals surface area (Å²) in [6, 6.07) is 9.05. The number of carbonyl (C=O) groups is 1. The number of halogens is 3. The number of nitrogen functional groups attached to an aromatic ring is 1. The van der Waals surface area contributed by atoms with E-state index in [-0.39, 0.29) is 22.3 Å². The van der Waals surface area contributed by atoms with Gasteiger partial charge in [-0.25, -0.2) is 4.39 Å². The van der Waals surface area contributed by atoms with Crippen LogP contribution in [0.5, 0.6) is 0 Å². The molecule has 0 heterocycles. The van der Waals surface area contributed by atoms with E-state index in [0.717, 1.165) is 11.6 Å². The number of nitrogens with one attached hydrogen (secondary N) is 1. The molecule has 0 fully saturated rings. The SMILES string of the molecule is CC(NC(=O)c1cc(F)c(Cl)cc1N)c1ccc(Cl)cc1. The third-order valence-corrected chi connectivity index (χ3v) is 3.60. The van der Waals surface area contributed by atoms with Crippen molar-refractivity contribution in [3.63, 3.8) is 0 Å². The summed E-state index contributed by atoms with van der Waals surface area (Å²) in [6.45, 7) is 1.81. The molecule has 1 amide bonds. The average molecular weight is 327 g/mol. The lowest BCUT2D eigenvalue weighted by Gasteiger charge is -2.15. The molecule has 0 aliphatic carbocycles. The highest BCUT2D eigenvalue weighted by Gasteiger charge is 2.16. The molecule has 110 valence electrons. The summed E-state index contributed by atoms with van der Waals surface area (Å²) < 4.78 is 13.4. The summed E-state index contributed by atoms with van der Waals surface area (Å²) in [7, 11) is 0. The van der Waals surface area contributed by atoms with Gasteiger partial charge in [-0.15, -0.1) is 0 Å². The molecule has 0 saturated carbocycles. The maximum atomic E-state index is 13.4. The standard InChI is InChI=1S/C15H13Cl2FN2O/c1-8(9-2-4-10(16)5-3-9)20-15(21)11-6-13(18)12(17)7-14(11)19/h2-8H,19H2,1H3,(H,20,21). The molecule has 2 rings (SSSR count). The fourth-order valence-corrected chi connectivity index (χ4v) is 2.17. The van der Waals surface area contributed by atoms with E-state index in [1.54, 1.807) is 24.3 Å². The minimum atomic E-state index is -0.685. The van der Waals surface area contributed by atoms with Crippen LogP contribution >= 0.6 is 23.2 Å². The molecular weight excluding hydrogens is 314 g/mol. The molecule has 0 radical (unpaired) electrons. The Kier molecular flexibility index (Phi) is 4.70. The van der Waals surface area contributed by atoms with Gasteiger partial charge in [0.2, 0.25) is 0 Å². The maximum Gasteiger partial charge on any atom is 0.253 e. The summed E-state index contributed by atoms with van der Waals surface area (Å²) >= 11 is 11.4. The van der Waals surface area contributed by atoms with Gasteiger partial charge in [-0.05, 0) is 36.8 Å². The number of anilines is 1. The quantitative estimate of drug-likeness (QED) is 0.830. The van der Waals surface area contributed by atoms with Gasteiger partial charge in [-0.1, -0.05) is 35.3 Å². The van der Waals surface area contributed by atoms with Gasteiger partial charge in [-0.2, -0.15) is 0 Å². The molecule has 2 aromatic carbocycles.